The van der Waals surface area contributed by atoms with Crippen molar-refractivity contribution in [3.8, 4) is 0 Å². The summed E-state index contributed by atoms with van der Waals surface area (Å²) in [5, 5.41) is 4.10. The molecule has 0 spiro atoms. The Bertz CT molecular complexity index is 833. The minimum Gasteiger partial charge on any atom is -0.370 e. The van der Waals surface area contributed by atoms with Crippen molar-refractivity contribution < 1.29 is 8.42 Å². The van der Waals surface area contributed by atoms with Crippen molar-refractivity contribution in [1.82, 2.24) is 9.88 Å². The van der Waals surface area contributed by atoms with Gasteiger partial charge in [-0.1, -0.05) is 18.2 Å². The minimum absolute atomic E-state index is 0.225. The quantitative estimate of drug-likeness (QED) is 0.896. The van der Waals surface area contributed by atoms with Crippen LogP contribution in [0, 0.1) is 0 Å². The SMILES string of the molecule is O=S1(=O)CCc2c1c1ccccc1n2CC1=NCCN1. The van der Waals surface area contributed by atoms with Crippen LogP contribution in [0.2, 0.25) is 0 Å². The molecular formula is C14H15N3O2S. The largest absolute Gasteiger partial charge is 0.370 e. The molecule has 0 radical (unpaired) electrons. The van der Waals surface area contributed by atoms with Crippen LogP contribution in [-0.2, 0) is 22.8 Å². The fourth-order valence-corrected chi connectivity index (χ4v) is 4.88. The average molecular weight is 289 g/mol. The van der Waals surface area contributed by atoms with E-state index in [-0.39, 0.29) is 5.75 Å². The number of fused-ring (bicyclic) bond motifs is 3. The highest BCUT2D eigenvalue weighted by molar-refractivity contribution is 7.92. The van der Waals surface area contributed by atoms with Crippen LogP contribution in [0.3, 0.4) is 0 Å². The molecule has 0 fully saturated rings. The van der Waals surface area contributed by atoms with Crippen LogP contribution in [0.5, 0.6) is 0 Å². The topological polar surface area (TPSA) is 63.5 Å². The zero-order valence-corrected chi connectivity index (χ0v) is 11.8. The molecule has 4 rings (SSSR count). The summed E-state index contributed by atoms with van der Waals surface area (Å²) < 4.78 is 26.6. The van der Waals surface area contributed by atoms with Gasteiger partial charge >= 0.3 is 0 Å². The Morgan fingerprint density at radius 2 is 2.15 bits per heavy atom. The van der Waals surface area contributed by atoms with Gasteiger partial charge in [-0.2, -0.15) is 0 Å². The molecule has 1 N–H and O–H groups in total. The number of amidine groups is 1. The van der Waals surface area contributed by atoms with Gasteiger partial charge in [-0.05, 0) is 6.07 Å². The second kappa shape index (κ2) is 4.09. The van der Waals surface area contributed by atoms with E-state index in [1.54, 1.807) is 0 Å². The number of benzene rings is 1. The Hall–Kier alpha value is -1.82. The lowest BCUT2D eigenvalue weighted by molar-refractivity contribution is 0.600. The number of sulfone groups is 1. The van der Waals surface area contributed by atoms with E-state index in [1.165, 1.54) is 0 Å². The molecule has 2 aliphatic rings. The van der Waals surface area contributed by atoms with Crippen molar-refractivity contribution in [1.29, 1.82) is 0 Å². The first-order valence-electron chi connectivity index (χ1n) is 6.77. The Labute approximate surface area is 117 Å². The molecule has 5 nitrogen and oxygen atoms in total. The van der Waals surface area contributed by atoms with Crippen molar-refractivity contribution in [2.24, 2.45) is 4.99 Å². The molecule has 0 saturated heterocycles. The predicted octanol–water partition coefficient (Wildman–Crippen LogP) is 0.973. The molecule has 104 valence electrons. The highest BCUT2D eigenvalue weighted by atomic mass is 32.2. The molecule has 0 amide bonds. The van der Waals surface area contributed by atoms with Gasteiger partial charge in [0.25, 0.3) is 0 Å². The fraction of sp³-hybridized carbons (Fsp3) is 0.357. The van der Waals surface area contributed by atoms with Crippen molar-refractivity contribution in [3.05, 3.63) is 30.0 Å². The molecule has 20 heavy (non-hydrogen) atoms. The average Bonchev–Trinajstić information content (AvgIpc) is 3.10. The van der Waals surface area contributed by atoms with E-state index < -0.39 is 9.84 Å². The third-order valence-corrected chi connectivity index (χ3v) is 5.82. The van der Waals surface area contributed by atoms with Crippen LogP contribution >= 0.6 is 0 Å². The zero-order chi connectivity index (χ0) is 13.7. The van der Waals surface area contributed by atoms with E-state index in [0.717, 1.165) is 35.5 Å². The molecule has 3 heterocycles. The van der Waals surface area contributed by atoms with Crippen LogP contribution in [-0.4, -0.2) is 37.7 Å². The number of hydrogen-bond donors (Lipinski definition) is 1. The van der Waals surface area contributed by atoms with Crippen LogP contribution in [0.25, 0.3) is 10.9 Å². The number of aliphatic imine (C=N–C) groups is 1. The molecule has 0 saturated carbocycles. The summed E-state index contributed by atoms with van der Waals surface area (Å²) in [6.07, 6.45) is 0.597. The highest BCUT2D eigenvalue weighted by Gasteiger charge is 2.33. The smallest absolute Gasteiger partial charge is 0.181 e. The second-order valence-electron chi connectivity index (χ2n) is 5.20. The Kier molecular flexibility index (Phi) is 2.44. The summed E-state index contributed by atoms with van der Waals surface area (Å²) in [7, 11) is -3.13. The van der Waals surface area contributed by atoms with Crippen molar-refractivity contribution in [2.45, 2.75) is 17.9 Å². The Morgan fingerprint density at radius 1 is 1.30 bits per heavy atom. The number of hydrogen-bond acceptors (Lipinski definition) is 4. The third-order valence-electron chi connectivity index (χ3n) is 4.00. The first-order chi connectivity index (χ1) is 9.67. The number of para-hydroxylation sites is 1. The molecule has 0 unspecified atom stereocenters. The fourth-order valence-electron chi connectivity index (χ4n) is 3.14. The number of rotatable bonds is 2. The van der Waals surface area contributed by atoms with Gasteiger partial charge in [-0.3, -0.25) is 4.99 Å². The maximum Gasteiger partial charge on any atom is 0.181 e. The van der Waals surface area contributed by atoms with Crippen LogP contribution in [0.1, 0.15) is 5.69 Å². The molecule has 2 aliphatic heterocycles. The molecular weight excluding hydrogens is 274 g/mol. The van der Waals surface area contributed by atoms with Gasteiger partial charge in [0.1, 0.15) is 5.84 Å². The standard InChI is InChI=1S/C14H15N3O2S/c18-20(19)8-5-12-14(20)10-3-1-2-4-11(10)17(12)9-13-15-6-7-16-13/h1-4H,5-9H2,(H,15,16). The normalized spacial score (nSPS) is 19.9. The first-order valence-corrected chi connectivity index (χ1v) is 8.42. The van der Waals surface area contributed by atoms with E-state index in [1.807, 2.05) is 24.3 Å². The third kappa shape index (κ3) is 1.61. The summed E-state index contributed by atoms with van der Waals surface area (Å²) in [6.45, 7) is 2.30. The summed E-state index contributed by atoms with van der Waals surface area (Å²) in [5.74, 6) is 1.17. The lowest BCUT2D eigenvalue weighted by Gasteiger charge is -2.09. The summed E-state index contributed by atoms with van der Waals surface area (Å²) >= 11 is 0. The van der Waals surface area contributed by atoms with Gasteiger partial charge in [0.2, 0.25) is 0 Å². The van der Waals surface area contributed by atoms with Crippen molar-refractivity contribution >= 4 is 26.6 Å². The van der Waals surface area contributed by atoms with E-state index >= 15 is 0 Å². The van der Waals surface area contributed by atoms with E-state index in [9.17, 15) is 8.42 Å². The molecule has 1 aromatic heterocycles. The van der Waals surface area contributed by atoms with Crippen molar-refractivity contribution in [3.63, 3.8) is 0 Å². The predicted molar refractivity (Wildman–Crippen MR) is 78.0 cm³/mol. The lowest BCUT2D eigenvalue weighted by Crippen LogP contribution is -2.24. The Balaban J connectivity index is 1.97. The lowest BCUT2D eigenvalue weighted by atomic mass is 10.2. The zero-order valence-electron chi connectivity index (χ0n) is 11.0. The second-order valence-corrected chi connectivity index (χ2v) is 7.25. The molecule has 0 aliphatic carbocycles. The van der Waals surface area contributed by atoms with Gasteiger partial charge in [0.05, 0.1) is 23.7 Å². The maximum atomic E-state index is 12.3. The first kappa shape index (κ1) is 12.0. The monoisotopic (exact) mass is 289 g/mol. The molecule has 6 heteroatoms. The van der Waals surface area contributed by atoms with Crippen molar-refractivity contribution in [2.75, 3.05) is 18.8 Å². The maximum absolute atomic E-state index is 12.3. The molecule has 0 bridgehead atoms. The van der Waals surface area contributed by atoms with Gasteiger partial charge in [-0.25, -0.2) is 8.42 Å². The number of nitrogens with zero attached hydrogens (tertiary/aromatic N) is 2. The summed E-state index contributed by atoms with van der Waals surface area (Å²) in [4.78, 5) is 4.95. The highest BCUT2D eigenvalue weighted by Crippen LogP contribution is 2.36. The molecule has 1 aromatic carbocycles. The summed E-state index contributed by atoms with van der Waals surface area (Å²) in [6, 6.07) is 7.73. The van der Waals surface area contributed by atoms with Gasteiger partial charge in [-0.15, -0.1) is 0 Å². The Morgan fingerprint density at radius 3 is 2.95 bits per heavy atom. The van der Waals surface area contributed by atoms with E-state index in [2.05, 4.69) is 14.9 Å². The van der Waals surface area contributed by atoms with E-state index in [0.29, 0.717) is 17.9 Å². The summed E-state index contributed by atoms with van der Waals surface area (Å²) in [5.41, 5.74) is 1.92. The van der Waals surface area contributed by atoms with Gasteiger partial charge < -0.3 is 9.88 Å². The number of nitrogens with one attached hydrogen (secondary N) is 1. The van der Waals surface area contributed by atoms with E-state index in [4.69, 9.17) is 0 Å². The van der Waals surface area contributed by atoms with Gasteiger partial charge in [0, 0.05) is 29.6 Å². The minimum atomic E-state index is -3.13. The van der Waals surface area contributed by atoms with Crippen LogP contribution < -0.4 is 5.32 Å². The molecule has 0 atom stereocenters. The van der Waals surface area contributed by atoms with Crippen LogP contribution in [0.15, 0.2) is 34.2 Å². The van der Waals surface area contributed by atoms with Gasteiger partial charge in [0.15, 0.2) is 9.84 Å². The van der Waals surface area contributed by atoms with Crippen LogP contribution in [0.4, 0.5) is 0 Å². The number of aromatic nitrogens is 1. The molecule has 2 aromatic rings.